The van der Waals surface area contributed by atoms with Gasteiger partial charge in [-0.1, -0.05) is 65.7 Å². The summed E-state index contributed by atoms with van der Waals surface area (Å²) in [6, 6.07) is 22.9. The second-order valence-electron chi connectivity index (χ2n) is 9.80. The van der Waals surface area contributed by atoms with Crippen LogP contribution in [-0.2, 0) is 10.5 Å². The van der Waals surface area contributed by atoms with Crippen molar-refractivity contribution in [3.05, 3.63) is 99.5 Å². The summed E-state index contributed by atoms with van der Waals surface area (Å²) in [5.74, 6) is 0.650. The van der Waals surface area contributed by atoms with Gasteiger partial charge in [-0.05, 0) is 55.3 Å². The number of benzene rings is 3. The van der Waals surface area contributed by atoms with E-state index in [0.29, 0.717) is 28.9 Å². The number of hydrogen-bond donors (Lipinski definition) is 3. The molecule has 2 saturated heterocycles. The number of nitrogens with zero attached hydrogens (tertiary/aromatic N) is 1. The van der Waals surface area contributed by atoms with Crippen LogP contribution in [-0.4, -0.2) is 43.1 Å². The lowest BCUT2D eigenvalue weighted by molar-refractivity contribution is -0.140. The molecule has 0 bridgehead atoms. The van der Waals surface area contributed by atoms with E-state index in [0.717, 1.165) is 29.8 Å². The van der Waals surface area contributed by atoms with Gasteiger partial charge in [-0.3, -0.25) is 15.4 Å². The van der Waals surface area contributed by atoms with Crippen molar-refractivity contribution in [1.82, 2.24) is 20.9 Å². The van der Waals surface area contributed by atoms with Gasteiger partial charge in [-0.15, -0.1) is 0 Å². The highest BCUT2D eigenvalue weighted by atomic mass is 35.5. The second-order valence-corrected chi connectivity index (χ2v) is 10.7. The summed E-state index contributed by atoms with van der Waals surface area (Å²) in [5.41, 5.74) is 1.60. The molecule has 0 saturated carbocycles. The summed E-state index contributed by atoms with van der Waals surface area (Å²) in [4.78, 5) is 16.4. The maximum atomic E-state index is 14.5. The zero-order chi connectivity index (χ0) is 26.0. The minimum absolute atomic E-state index is 0.0239. The largest absolute Gasteiger partial charge is 0.491 e. The number of carbonyl (C=O) groups excluding carboxylic acids is 1. The normalized spacial score (nSPS) is 23.9. The van der Waals surface area contributed by atoms with E-state index in [1.54, 1.807) is 0 Å². The fraction of sp³-hybridized carbons (Fsp3) is 0.345. The average Bonchev–Trinajstić information content (AvgIpc) is 3.31. The third-order valence-electron chi connectivity index (χ3n) is 6.91. The summed E-state index contributed by atoms with van der Waals surface area (Å²) in [6.45, 7) is 6.76. The molecule has 5 rings (SSSR count). The Balaban J connectivity index is 1.66. The van der Waals surface area contributed by atoms with Crippen molar-refractivity contribution in [2.75, 3.05) is 26.2 Å². The monoisotopic (exact) mass is 538 g/mol. The molecule has 8 heteroatoms. The van der Waals surface area contributed by atoms with Crippen molar-refractivity contribution < 1.29 is 9.53 Å². The number of piperazine rings is 1. The Kier molecular flexibility index (Phi) is 7.75. The SMILES string of the molecule is CC(C)Oc1ccccc1C1(C(=O)N2CCNCC2)NC(c2ccc(Cl)cc2)C(c2ccc(Cl)cc2)N1. The Morgan fingerprint density at radius 3 is 1.89 bits per heavy atom. The highest BCUT2D eigenvalue weighted by molar-refractivity contribution is 6.30. The summed E-state index contributed by atoms with van der Waals surface area (Å²) in [6.07, 6.45) is -0.0481. The number of ether oxygens (including phenoxy) is 1. The fourth-order valence-electron chi connectivity index (χ4n) is 5.20. The third kappa shape index (κ3) is 5.35. The first-order valence-corrected chi connectivity index (χ1v) is 13.5. The molecule has 2 atom stereocenters. The van der Waals surface area contributed by atoms with Gasteiger partial charge in [0.15, 0.2) is 5.66 Å². The van der Waals surface area contributed by atoms with E-state index < -0.39 is 5.66 Å². The van der Waals surface area contributed by atoms with Crippen LogP contribution in [0.2, 0.25) is 10.0 Å². The highest BCUT2D eigenvalue weighted by Gasteiger charge is 2.54. The van der Waals surface area contributed by atoms with E-state index in [9.17, 15) is 4.79 Å². The number of carbonyl (C=O) groups is 1. The number of para-hydroxylation sites is 1. The van der Waals surface area contributed by atoms with E-state index in [4.69, 9.17) is 27.9 Å². The predicted molar refractivity (Wildman–Crippen MR) is 148 cm³/mol. The van der Waals surface area contributed by atoms with Crippen molar-refractivity contribution in [2.24, 2.45) is 0 Å². The molecule has 2 aliphatic heterocycles. The van der Waals surface area contributed by atoms with Gasteiger partial charge in [0.25, 0.3) is 5.91 Å². The molecule has 6 nitrogen and oxygen atoms in total. The minimum atomic E-state index is -1.21. The van der Waals surface area contributed by atoms with Gasteiger partial charge in [0.2, 0.25) is 0 Å². The van der Waals surface area contributed by atoms with Crippen LogP contribution in [0.4, 0.5) is 0 Å². The molecule has 3 aromatic carbocycles. The van der Waals surface area contributed by atoms with Crippen molar-refractivity contribution in [3.8, 4) is 5.75 Å². The van der Waals surface area contributed by atoms with Gasteiger partial charge in [-0.2, -0.15) is 0 Å². The topological polar surface area (TPSA) is 65.6 Å². The lowest BCUT2D eigenvalue weighted by Gasteiger charge is -2.38. The van der Waals surface area contributed by atoms with Gasteiger partial charge in [-0.25, -0.2) is 0 Å². The van der Waals surface area contributed by atoms with Crippen LogP contribution in [0.3, 0.4) is 0 Å². The van der Waals surface area contributed by atoms with Crippen LogP contribution in [0.15, 0.2) is 72.8 Å². The first kappa shape index (κ1) is 26.0. The summed E-state index contributed by atoms with van der Waals surface area (Å²) >= 11 is 12.5. The standard InChI is InChI=1S/C29H32Cl2N4O2/c1-19(2)37-25-6-4-3-5-24(25)29(28(36)35-17-15-32-16-18-35)33-26(20-7-11-22(30)12-8-20)27(34-29)21-9-13-23(31)14-10-21/h3-14,19,26-27,32-34H,15-18H2,1-2H3. The first-order valence-electron chi connectivity index (χ1n) is 12.7. The maximum Gasteiger partial charge on any atom is 0.262 e. The number of rotatable bonds is 6. The Bertz CT molecular complexity index is 1170. The molecule has 2 heterocycles. The predicted octanol–water partition coefficient (Wildman–Crippen LogP) is 5.04. The van der Waals surface area contributed by atoms with E-state index in [2.05, 4.69) is 16.0 Å². The quantitative estimate of drug-likeness (QED) is 0.410. The number of hydrogen-bond acceptors (Lipinski definition) is 5. The summed E-state index contributed by atoms with van der Waals surface area (Å²) in [7, 11) is 0. The van der Waals surface area contributed by atoms with Gasteiger partial charge >= 0.3 is 0 Å². The van der Waals surface area contributed by atoms with Crippen LogP contribution in [0.5, 0.6) is 5.75 Å². The Hall–Kier alpha value is -2.61. The molecule has 2 fully saturated rings. The molecule has 1 amide bonds. The number of amides is 1. The highest BCUT2D eigenvalue weighted by Crippen LogP contribution is 2.44. The van der Waals surface area contributed by atoms with Gasteiger partial charge in [0.05, 0.1) is 18.2 Å². The zero-order valence-electron chi connectivity index (χ0n) is 21.0. The molecule has 2 unspecified atom stereocenters. The minimum Gasteiger partial charge on any atom is -0.491 e. The summed E-state index contributed by atoms with van der Waals surface area (Å²) in [5, 5.41) is 12.2. The van der Waals surface area contributed by atoms with Crippen LogP contribution in [0.25, 0.3) is 0 Å². The third-order valence-corrected chi connectivity index (χ3v) is 7.42. The number of halogens is 2. The first-order chi connectivity index (χ1) is 17.9. The Morgan fingerprint density at radius 1 is 0.865 bits per heavy atom. The van der Waals surface area contributed by atoms with Gasteiger partial charge < -0.3 is 15.0 Å². The lowest BCUT2D eigenvalue weighted by atomic mass is 9.95. The van der Waals surface area contributed by atoms with Gasteiger partial charge in [0.1, 0.15) is 5.75 Å². The molecule has 37 heavy (non-hydrogen) atoms. The molecule has 3 aromatic rings. The molecular formula is C29H32Cl2N4O2. The molecular weight excluding hydrogens is 507 g/mol. The molecule has 0 aromatic heterocycles. The van der Waals surface area contributed by atoms with Crippen molar-refractivity contribution in [2.45, 2.75) is 37.7 Å². The second kappa shape index (κ2) is 11.0. The Labute approximate surface area is 228 Å². The molecule has 0 radical (unpaired) electrons. The van der Waals surface area contributed by atoms with Crippen molar-refractivity contribution in [3.63, 3.8) is 0 Å². The lowest BCUT2D eigenvalue weighted by Crippen LogP contribution is -2.61. The van der Waals surface area contributed by atoms with E-state index in [-0.39, 0.29) is 24.1 Å². The molecule has 2 aliphatic rings. The molecule has 3 N–H and O–H groups in total. The number of nitrogens with one attached hydrogen (secondary N) is 3. The zero-order valence-corrected chi connectivity index (χ0v) is 22.5. The van der Waals surface area contributed by atoms with Crippen LogP contribution in [0.1, 0.15) is 42.6 Å². The van der Waals surface area contributed by atoms with E-state index >= 15 is 0 Å². The smallest absolute Gasteiger partial charge is 0.262 e. The average molecular weight is 540 g/mol. The molecule has 194 valence electrons. The maximum absolute atomic E-state index is 14.5. The van der Waals surface area contributed by atoms with Crippen molar-refractivity contribution in [1.29, 1.82) is 0 Å². The van der Waals surface area contributed by atoms with Gasteiger partial charge in [0, 0.05) is 41.8 Å². The molecule has 0 spiro atoms. The van der Waals surface area contributed by atoms with E-state index in [1.807, 2.05) is 91.5 Å². The van der Waals surface area contributed by atoms with E-state index in [1.165, 1.54) is 0 Å². The van der Waals surface area contributed by atoms with Crippen LogP contribution < -0.4 is 20.7 Å². The Morgan fingerprint density at radius 2 is 1.38 bits per heavy atom. The molecule has 0 aliphatic carbocycles. The summed E-state index contributed by atoms with van der Waals surface area (Å²) < 4.78 is 6.24. The van der Waals surface area contributed by atoms with Crippen LogP contribution in [0, 0.1) is 0 Å². The van der Waals surface area contributed by atoms with Crippen LogP contribution >= 0.6 is 23.2 Å². The van der Waals surface area contributed by atoms with Crippen molar-refractivity contribution >= 4 is 29.1 Å². The fourth-order valence-corrected chi connectivity index (χ4v) is 5.45.